The van der Waals surface area contributed by atoms with Crippen LogP contribution in [-0.4, -0.2) is 37.7 Å². The van der Waals surface area contributed by atoms with Crippen LogP contribution in [0.4, 0.5) is 13.2 Å². The van der Waals surface area contributed by atoms with E-state index in [1.807, 2.05) is 0 Å². The molecule has 0 aromatic carbocycles. The van der Waals surface area contributed by atoms with Crippen molar-refractivity contribution in [3.8, 4) is 0 Å². The van der Waals surface area contributed by atoms with Gasteiger partial charge in [0.1, 0.15) is 0 Å². The van der Waals surface area contributed by atoms with Gasteiger partial charge in [-0.15, -0.1) is 0 Å². The van der Waals surface area contributed by atoms with Gasteiger partial charge in [0.15, 0.2) is 5.75 Å². The van der Waals surface area contributed by atoms with E-state index in [1.165, 1.54) is 0 Å². The minimum absolute atomic E-state index is 0.0123. The van der Waals surface area contributed by atoms with Crippen LogP contribution in [-0.2, 0) is 10.0 Å². The lowest BCUT2D eigenvalue weighted by Crippen LogP contribution is -2.47. The molecule has 1 aliphatic heterocycles. The van der Waals surface area contributed by atoms with Crippen LogP contribution in [0, 0.1) is 0 Å². The molecule has 0 amide bonds. The summed E-state index contributed by atoms with van der Waals surface area (Å²) in [6.07, 6.45) is -4.67. The number of rotatable bonds is 2. The Morgan fingerprint density at radius 3 is 2.15 bits per heavy atom. The zero-order chi connectivity index (χ0) is 10.3. The third-order valence-electron chi connectivity index (χ3n) is 1.54. The number of nitrogens with zero attached hydrogens (tertiary/aromatic N) is 1. The van der Waals surface area contributed by atoms with Crippen LogP contribution in [0.15, 0.2) is 12.2 Å². The van der Waals surface area contributed by atoms with Crippen molar-refractivity contribution in [2.45, 2.75) is 6.18 Å². The predicted molar refractivity (Wildman–Crippen MR) is 40.6 cm³/mol. The molecule has 7 heteroatoms. The number of hydrogen-bond donors (Lipinski definition) is 0. The van der Waals surface area contributed by atoms with E-state index in [9.17, 15) is 21.6 Å². The lowest BCUT2D eigenvalue weighted by Gasteiger charge is -2.32. The summed E-state index contributed by atoms with van der Waals surface area (Å²) in [4.78, 5) is 0. The maximum absolute atomic E-state index is 11.7. The van der Waals surface area contributed by atoms with Crippen LogP contribution >= 0.6 is 0 Å². The molecule has 1 fully saturated rings. The molecule has 0 bridgehead atoms. The third-order valence-corrected chi connectivity index (χ3v) is 3.28. The van der Waals surface area contributed by atoms with Crippen LogP contribution in [0.5, 0.6) is 0 Å². The van der Waals surface area contributed by atoms with Crippen LogP contribution in [0.3, 0.4) is 0 Å². The lowest BCUT2D eigenvalue weighted by atomic mass is 10.2. The van der Waals surface area contributed by atoms with E-state index in [1.54, 1.807) is 0 Å². The maximum atomic E-state index is 11.7. The average Bonchev–Trinajstić information content (AvgIpc) is 1.74. The first-order valence-corrected chi connectivity index (χ1v) is 5.03. The van der Waals surface area contributed by atoms with E-state index in [4.69, 9.17) is 0 Å². The standard InChI is InChI=1S/C6H8F3NO2S/c1-5-2-10(3-5)13(11,12)4-6(7,8)9/h1-4H2. The topological polar surface area (TPSA) is 37.4 Å². The van der Waals surface area contributed by atoms with Gasteiger partial charge in [-0.2, -0.15) is 17.5 Å². The maximum Gasteiger partial charge on any atom is 0.404 e. The molecule has 13 heavy (non-hydrogen) atoms. The molecular formula is C6H8F3NO2S. The van der Waals surface area contributed by atoms with E-state index in [2.05, 4.69) is 6.58 Å². The lowest BCUT2D eigenvalue weighted by molar-refractivity contribution is -0.107. The molecule has 0 aliphatic carbocycles. The predicted octanol–water partition coefficient (Wildman–Crippen LogP) is 0.750. The van der Waals surface area contributed by atoms with E-state index < -0.39 is 22.0 Å². The van der Waals surface area contributed by atoms with Gasteiger partial charge in [-0.25, -0.2) is 8.42 Å². The first kappa shape index (κ1) is 10.5. The fraction of sp³-hybridized carbons (Fsp3) is 0.667. The van der Waals surface area contributed by atoms with Crippen molar-refractivity contribution in [2.75, 3.05) is 18.8 Å². The highest BCUT2D eigenvalue weighted by atomic mass is 32.2. The first-order chi connectivity index (χ1) is 5.71. The Bertz CT molecular complexity index is 311. The van der Waals surface area contributed by atoms with Crippen molar-refractivity contribution < 1.29 is 21.6 Å². The fourth-order valence-corrected chi connectivity index (χ4v) is 2.30. The van der Waals surface area contributed by atoms with E-state index in [0.29, 0.717) is 5.57 Å². The van der Waals surface area contributed by atoms with Crippen molar-refractivity contribution in [1.82, 2.24) is 4.31 Å². The minimum Gasteiger partial charge on any atom is -0.212 e. The van der Waals surface area contributed by atoms with Crippen molar-refractivity contribution in [3.63, 3.8) is 0 Å². The molecule has 1 aliphatic rings. The molecule has 3 nitrogen and oxygen atoms in total. The van der Waals surface area contributed by atoms with Gasteiger partial charge in [0.2, 0.25) is 10.0 Å². The second-order valence-corrected chi connectivity index (χ2v) is 4.86. The van der Waals surface area contributed by atoms with Gasteiger partial charge >= 0.3 is 6.18 Å². The fourth-order valence-electron chi connectivity index (χ4n) is 0.947. The van der Waals surface area contributed by atoms with Crippen LogP contribution < -0.4 is 0 Å². The Balaban J connectivity index is 2.63. The van der Waals surface area contributed by atoms with Gasteiger partial charge < -0.3 is 0 Å². The van der Waals surface area contributed by atoms with Crippen molar-refractivity contribution in [3.05, 3.63) is 12.2 Å². The van der Waals surface area contributed by atoms with E-state index in [0.717, 1.165) is 4.31 Å². The number of sulfonamides is 1. The molecule has 1 rings (SSSR count). The van der Waals surface area contributed by atoms with Crippen LogP contribution in [0.1, 0.15) is 0 Å². The van der Waals surface area contributed by atoms with Gasteiger partial charge in [-0.1, -0.05) is 6.58 Å². The number of halogens is 3. The van der Waals surface area contributed by atoms with E-state index in [-0.39, 0.29) is 13.1 Å². The molecule has 1 heterocycles. The molecule has 76 valence electrons. The Kier molecular flexibility index (Phi) is 2.42. The summed E-state index contributed by atoms with van der Waals surface area (Å²) < 4.78 is 57.9. The van der Waals surface area contributed by atoms with Gasteiger partial charge in [-0.05, 0) is 5.57 Å². The third kappa shape index (κ3) is 2.70. The Morgan fingerprint density at radius 2 is 1.85 bits per heavy atom. The quantitative estimate of drug-likeness (QED) is 0.637. The highest BCUT2D eigenvalue weighted by Crippen LogP contribution is 2.23. The summed E-state index contributed by atoms with van der Waals surface area (Å²) in [7, 11) is -4.17. The van der Waals surface area contributed by atoms with Crippen molar-refractivity contribution in [2.24, 2.45) is 0 Å². The second-order valence-electron chi connectivity index (χ2n) is 2.89. The molecule has 1 saturated heterocycles. The van der Waals surface area contributed by atoms with Crippen LogP contribution in [0.2, 0.25) is 0 Å². The van der Waals surface area contributed by atoms with Gasteiger partial charge in [0.25, 0.3) is 0 Å². The molecule has 0 saturated carbocycles. The molecule has 0 aromatic heterocycles. The number of alkyl halides is 3. The van der Waals surface area contributed by atoms with Gasteiger partial charge in [-0.3, -0.25) is 0 Å². The Labute approximate surface area is 73.9 Å². The van der Waals surface area contributed by atoms with Gasteiger partial charge in [0, 0.05) is 13.1 Å². The summed E-state index contributed by atoms with van der Waals surface area (Å²) in [6.45, 7) is 3.46. The summed E-state index contributed by atoms with van der Waals surface area (Å²) in [5.41, 5.74) is 0.630. The summed E-state index contributed by atoms with van der Waals surface area (Å²) in [6, 6.07) is 0. The summed E-state index contributed by atoms with van der Waals surface area (Å²) in [5.74, 6) is -1.78. The summed E-state index contributed by atoms with van der Waals surface area (Å²) in [5, 5.41) is 0. The SMILES string of the molecule is C=C1CN(S(=O)(=O)CC(F)(F)F)C1. The normalized spacial score (nSPS) is 20.1. The second kappa shape index (κ2) is 2.98. The van der Waals surface area contributed by atoms with Crippen LogP contribution in [0.25, 0.3) is 0 Å². The molecular weight excluding hydrogens is 207 g/mol. The minimum atomic E-state index is -4.67. The van der Waals surface area contributed by atoms with E-state index >= 15 is 0 Å². The van der Waals surface area contributed by atoms with Crippen molar-refractivity contribution in [1.29, 1.82) is 0 Å². The smallest absolute Gasteiger partial charge is 0.212 e. The average molecular weight is 215 g/mol. The Morgan fingerprint density at radius 1 is 1.38 bits per heavy atom. The van der Waals surface area contributed by atoms with Gasteiger partial charge in [0.05, 0.1) is 0 Å². The largest absolute Gasteiger partial charge is 0.404 e. The molecule has 0 spiro atoms. The monoisotopic (exact) mass is 215 g/mol. The number of hydrogen-bond acceptors (Lipinski definition) is 2. The molecule has 0 aromatic rings. The molecule has 0 atom stereocenters. The molecule has 0 radical (unpaired) electrons. The molecule has 0 unspecified atom stereocenters. The zero-order valence-corrected chi connectivity index (χ0v) is 7.45. The highest BCUT2D eigenvalue weighted by Gasteiger charge is 2.40. The Hall–Kier alpha value is -0.560. The molecule has 0 N–H and O–H groups in total. The first-order valence-electron chi connectivity index (χ1n) is 3.42. The highest BCUT2D eigenvalue weighted by molar-refractivity contribution is 7.89. The zero-order valence-electron chi connectivity index (χ0n) is 6.63. The summed E-state index contributed by atoms with van der Waals surface area (Å²) >= 11 is 0. The van der Waals surface area contributed by atoms with Crippen molar-refractivity contribution >= 4 is 10.0 Å².